The molecule has 2 aromatic rings. The maximum Gasteiger partial charge on any atom is 0.323 e. The van der Waals surface area contributed by atoms with Crippen molar-refractivity contribution in [3.8, 4) is 0 Å². The molecule has 0 saturated carbocycles. The summed E-state index contributed by atoms with van der Waals surface area (Å²) < 4.78 is 13.3. The van der Waals surface area contributed by atoms with Crippen LogP contribution < -0.4 is 5.32 Å². The summed E-state index contributed by atoms with van der Waals surface area (Å²) in [6.07, 6.45) is 6.14. The van der Waals surface area contributed by atoms with Crippen molar-refractivity contribution in [2.24, 2.45) is 11.8 Å². The predicted molar refractivity (Wildman–Crippen MR) is 148 cm³/mol. The van der Waals surface area contributed by atoms with E-state index in [1.807, 2.05) is 53.7 Å². The van der Waals surface area contributed by atoms with E-state index in [2.05, 4.69) is 28.1 Å². The number of carbonyl (C=O) groups is 2. The van der Waals surface area contributed by atoms with E-state index in [1.165, 1.54) is 0 Å². The number of allylic oxidation sites excluding steroid dienone is 4. The van der Waals surface area contributed by atoms with Gasteiger partial charge in [-0.25, -0.2) is 4.98 Å². The minimum Gasteiger partial charge on any atom is -0.464 e. The van der Waals surface area contributed by atoms with Crippen molar-refractivity contribution < 1.29 is 19.1 Å². The number of nitrogens with one attached hydrogen (secondary N) is 1. The third kappa shape index (κ3) is 7.62. The Morgan fingerprint density at radius 2 is 2.08 bits per heavy atom. The maximum absolute atomic E-state index is 12.4. The van der Waals surface area contributed by atoms with Crippen molar-refractivity contribution in [3.05, 3.63) is 47.3 Å². The molecule has 0 bridgehead atoms. The molecule has 0 spiro atoms. The van der Waals surface area contributed by atoms with E-state index in [-0.39, 0.29) is 17.8 Å². The van der Waals surface area contributed by atoms with Crippen molar-refractivity contribution >= 4 is 28.4 Å². The fourth-order valence-electron chi connectivity index (χ4n) is 4.53. The van der Waals surface area contributed by atoms with Crippen LogP contribution in [0.2, 0.25) is 0 Å². The van der Waals surface area contributed by atoms with Crippen molar-refractivity contribution in [3.63, 3.8) is 0 Å². The molecule has 1 fully saturated rings. The van der Waals surface area contributed by atoms with Gasteiger partial charge in [-0.2, -0.15) is 0 Å². The quantitative estimate of drug-likeness (QED) is 0.219. The predicted octanol–water partition coefficient (Wildman–Crippen LogP) is 5.47. The average Bonchev–Trinajstić information content (AvgIpc) is 3.53. The van der Waals surface area contributed by atoms with Gasteiger partial charge in [0, 0.05) is 37.6 Å². The third-order valence-corrected chi connectivity index (χ3v) is 6.78. The van der Waals surface area contributed by atoms with Crippen LogP contribution in [0.3, 0.4) is 0 Å². The van der Waals surface area contributed by atoms with Gasteiger partial charge in [0.05, 0.1) is 24.2 Å². The summed E-state index contributed by atoms with van der Waals surface area (Å²) in [5, 5.41) is 3.35. The molecule has 2 unspecified atom stereocenters. The Kier molecular flexibility index (Phi) is 10.6. The number of imidazole rings is 1. The highest BCUT2D eigenvalue weighted by atomic mass is 16.5. The number of esters is 1. The number of benzene rings is 1. The standard InChI is InChI=1S/C30H43N3O4/c1-7-24(14-21(6)28(34)9-3)29-32-26-15-22(16-31-25(8-2)30(35)37-18-20(4)5)10-11-27(26)33(29)17-23-12-13-36-19-23/h7,10-11,14-15,20,23,25,31H,8-9,12-13,16-19H2,1-6H3/b21-14-,24-7+. The Hall–Kier alpha value is -2.77. The molecule has 1 N–H and O–H groups in total. The topological polar surface area (TPSA) is 82.5 Å². The summed E-state index contributed by atoms with van der Waals surface area (Å²) in [6, 6.07) is 5.94. The Balaban J connectivity index is 1.89. The van der Waals surface area contributed by atoms with Crippen LogP contribution in [0, 0.1) is 11.8 Å². The fraction of sp³-hybridized carbons (Fsp3) is 0.567. The zero-order valence-corrected chi connectivity index (χ0v) is 23.3. The van der Waals surface area contributed by atoms with Gasteiger partial charge in [0.15, 0.2) is 5.78 Å². The first-order chi connectivity index (χ1) is 17.8. The Labute approximate surface area is 221 Å². The van der Waals surface area contributed by atoms with Gasteiger partial charge in [-0.3, -0.25) is 9.59 Å². The first kappa shape index (κ1) is 28.8. The van der Waals surface area contributed by atoms with E-state index < -0.39 is 0 Å². The molecule has 2 heterocycles. The number of ketones is 1. The molecule has 3 rings (SSSR count). The number of rotatable bonds is 13. The molecule has 1 saturated heterocycles. The average molecular weight is 510 g/mol. The summed E-state index contributed by atoms with van der Waals surface area (Å²) in [5.41, 5.74) is 4.68. The lowest BCUT2D eigenvalue weighted by molar-refractivity contribution is -0.147. The molecule has 0 radical (unpaired) electrons. The van der Waals surface area contributed by atoms with Crippen LogP contribution in [-0.4, -0.2) is 47.2 Å². The second kappa shape index (κ2) is 13.7. The van der Waals surface area contributed by atoms with Crippen LogP contribution in [0.15, 0.2) is 35.9 Å². The van der Waals surface area contributed by atoms with E-state index in [9.17, 15) is 9.59 Å². The monoisotopic (exact) mass is 509 g/mol. The van der Waals surface area contributed by atoms with Crippen LogP contribution in [0.5, 0.6) is 0 Å². The number of ether oxygens (including phenoxy) is 2. The van der Waals surface area contributed by atoms with Crippen molar-refractivity contribution in [1.82, 2.24) is 14.9 Å². The lowest BCUT2D eigenvalue weighted by atomic mass is 10.1. The summed E-state index contributed by atoms with van der Waals surface area (Å²) in [5.74, 6) is 1.53. The van der Waals surface area contributed by atoms with Crippen molar-refractivity contribution in [2.45, 2.75) is 79.9 Å². The lowest BCUT2D eigenvalue weighted by Crippen LogP contribution is -2.37. The highest BCUT2D eigenvalue weighted by Crippen LogP contribution is 2.27. The summed E-state index contributed by atoms with van der Waals surface area (Å²) in [4.78, 5) is 29.7. The van der Waals surface area contributed by atoms with Gasteiger partial charge >= 0.3 is 5.97 Å². The van der Waals surface area contributed by atoms with Gasteiger partial charge in [-0.05, 0) is 62.0 Å². The number of fused-ring (bicyclic) bond motifs is 1. The molecule has 1 aliphatic rings. The van der Waals surface area contributed by atoms with Gasteiger partial charge in [0.2, 0.25) is 0 Å². The fourth-order valence-corrected chi connectivity index (χ4v) is 4.53. The number of nitrogens with zero attached hydrogens (tertiary/aromatic N) is 2. The van der Waals surface area contributed by atoms with E-state index in [0.717, 1.165) is 59.7 Å². The molecule has 1 aromatic heterocycles. The highest BCUT2D eigenvalue weighted by Gasteiger charge is 2.22. The second-order valence-electron chi connectivity index (χ2n) is 10.3. The van der Waals surface area contributed by atoms with Gasteiger partial charge in [0.1, 0.15) is 11.9 Å². The summed E-state index contributed by atoms with van der Waals surface area (Å²) >= 11 is 0. The molecular formula is C30H43N3O4. The second-order valence-corrected chi connectivity index (χ2v) is 10.3. The molecule has 2 atom stereocenters. The molecule has 7 nitrogen and oxygen atoms in total. The molecule has 1 aliphatic heterocycles. The van der Waals surface area contributed by atoms with Crippen molar-refractivity contribution in [1.29, 1.82) is 0 Å². The largest absolute Gasteiger partial charge is 0.464 e. The highest BCUT2D eigenvalue weighted by molar-refractivity contribution is 5.97. The number of hydrogen-bond acceptors (Lipinski definition) is 6. The van der Waals surface area contributed by atoms with E-state index in [0.29, 0.717) is 37.8 Å². The molecule has 0 aliphatic carbocycles. The third-order valence-electron chi connectivity index (χ3n) is 6.78. The van der Waals surface area contributed by atoms with Gasteiger partial charge in [-0.15, -0.1) is 0 Å². The van der Waals surface area contributed by atoms with Crippen molar-refractivity contribution in [2.75, 3.05) is 19.8 Å². The molecular weight excluding hydrogens is 466 g/mol. The normalized spacial score (nSPS) is 17.5. The minimum atomic E-state index is -0.344. The van der Waals surface area contributed by atoms with Crippen LogP contribution in [0.4, 0.5) is 0 Å². The molecule has 37 heavy (non-hydrogen) atoms. The zero-order chi connectivity index (χ0) is 26.9. The number of aromatic nitrogens is 2. The van der Waals surface area contributed by atoms with Gasteiger partial charge in [0.25, 0.3) is 0 Å². The van der Waals surface area contributed by atoms with Crippen LogP contribution in [0.25, 0.3) is 16.6 Å². The van der Waals surface area contributed by atoms with Gasteiger partial charge in [-0.1, -0.05) is 39.8 Å². The lowest BCUT2D eigenvalue weighted by Gasteiger charge is -2.17. The smallest absolute Gasteiger partial charge is 0.323 e. The molecule has 202 valence electrons. The molecule has 0 amide bonds. The minimum absolute atomic E-state index is 0.136. The number of hydrogen-bond donors (Lipinski definition) is 1. The summed E-state index contributed by atoms with van der Waals surface area (Å²) in [6.45, 7) is 15.1. The van der Waals surface area contributed by atoms with Crippen LogP contribution in [-0.2, 0) is 32.2 Å². The van der Waals surface area contributed by atoms with E-state index in [4.69, 9.17) is 14.5 Å². The number of Topliss-reactive ketones (excluding diaryl/α,β-unsaturated/α-hetero) is 1. The molecule has 7 heteroatoms. The first-order valence-electron chi connectivity index (χ1n) is 13.6. The Bertz CT molecular complexity index is 1140. The maximum atomic E-state index is 12.4. The first-order valence-corrected chi connectivity index (χ1v) is 13.6. The zero-order valence-electron chi connectivity index (χ0n) is 23.3. The van der Waals surface area contributed by atoms with E-state index >= 15 is 0 Å². The summed E-state index contributed by atoms with van der Waals surface area (Å²) in [7, 11) is 0. The van der Waals surface area contributed by atoms with Gasteiger partial charge < -0.3 is 19.4 Å². The van der Waals surface area contributed by atoms with E-state index in [1.54, 1.807) is 0 Å². The van der Waals surface area contributed by atoms with Crippen LogP contribution in [0.1, 0.15) is 72.2 Å². The Morgan fingerprint density at radius 3 is 2.70 bits per heavy atom. The SMILES string of the molecule is C/C=C(\C=C(\C)C(=O)CC)c1nc2cc(CNC(CC)C(=O)OCC(C)C)ccc2n1CC1CCOC1. The molecule has 1 aromatic carbocycles. The van der Waals surface area contributed by atoms with Crippen LogP contribution >= 0.6 is 0 Å². The Morgan fingerprint density at radius 1 is 1.30 bits per heavy atom. The number of carbonyl (C=O) groups excluding carboxylic acids is 2.